The molecule has 0 rings (SSSR count). The molecule has 0 unspecified atom stereocenters. The quantitative estimate of drug-likeness (QED) is 0.328. The predicted octanol–water partition coefficient (Wildman–Crippen LogP) is -1.06. The first-order valence-corrected chi connectivity index (χ1v) is 2.31. The number of hydrogen-bond acceptors (Lipinski definition) is 1. The van der Waals surface area contributed by atoms with Crippen LogP contribution in [0.2, 0.25) is 0 Å². The zero-order valence-electron chi connectivity index (χ0n) is 3.35. The molecule has 0 aromatic rings. The van der Waals surface area contributed by atoms with Crippen LogP contribution in [0, 0.1) is 0 Å². The summed E-state index contributed by atoms with van der Waals surface area (Å²) in [6.45, 7) is 3.38. The fourth-order valence-corrected chi connectivity index (χ4v) is 0.289. The number of thioether (sulfide) groups is 1. The fraction of sp³-hybridized carbons (Fsp3) is 0. The lowest BCUT2D eigenvalue weighted by molar-refractivity contribution is -0.109. The summed E-state index contributed by atoms with van der Waals surface area (Å²) in [6.07, 6.45) is 0. The number of hydrogen-bond donors (Lipinski definition) is 2. The molecule has 0 aliphatic carbocycles. The van der Waals surface area contributed by atoms with Crippen LogP contribution in [0.5, 0.6) is 0 Å². The van der Waals surface area contributed by atoms with Gasteiger partial charge in [0, 0.05) is 0 Å². The maximum absolute atomic E-state index is 4.99. The second-order valence-corrected chi connectivity index (χ2v) is 1.73. The van der Waals surface area contributed by atoms with Crippen molar-refractivity contribution in [1.82, 2.24) is 0 Å². The normalized spacial score (nSPS) is 7.33. The Morgan fingerprint density at radius 3 is 2.50 bits per heavy atom. The minimum absolute atomic E-state index is 0.338. The van der Waals surface area contributed by atoms with E-state index in [4.69, 9.17) is 11.1 Å². The first-order valence-electron chi connectivity index (χ1n) is 1.43. The van der Waals surface area contributed by atoms with Gasteiger partial charge in [-0.2, -0.15) is 0 Å². The van der Waals surface area contributed by atoms with Crippen molar-refractivity contribution in [3.8, 4) is 0 Å². The van der Waals surface area contributed by atoms with Gasteiger partial charge in [0.05, 0.1) is 0 Å². The third-order valence-electron chi connectivity index (χ3n) is 0.219. The van der Waals surface area contributed by atoms with Gasteiger partial charge in [-0.25, -0.2) is 0 Å². The molecule has 0 atom stereocenters. The molecule has 0 radical (unpaired) electrons. The van der Waals surface area contributed by atoms with Crippen molar-refractivity contribution in [3.63, 3.8) is 0 Å². The Morgan fingerprint density at radius 1 is 2.00 bits per heavy atom. The molecule has 0 aromatic heterocycles. The zero-order chi connectivity index (χ0) is 4.99. The molecule has 0 saturated heterocycles. The molecule has 0 bridgehead atoms. The van der Waals surface area contributed by atoms with E-state index in [2.05, 4.69) is 6.58 Å². The molecule has 0 fully saturated rings. The summed E-state index contributed by atoms with van der Waals surface area (Å²) in [7, 11) is 0. The van der Waals surface area contributed by atoms with Gasteiger partial charge < -0.3 is 0 Å². The van der Waals surface area contributed by atoms with Crippen LogP contribution < -0.4 is 11.1 Å². The van der Waals surface area contributed by atoms with Crippen molar-refractivity contribution in [3.05, 3.63) is 12.0 Å². The fourth-order valence-electron chi connectivity index (χ4n) is 0.0962. The summed E-state index contributed by atoms with van der Waals surface area (Å²) in [5.74, 6) is 0. The average molecular weight is 103 g/mol. The average Bonchev–Trinajstić information content (AvgIpc) is 1.35. The van der Waals surface area contributed by atoms with Crippen LogP contribution in [0.1, 0.15) is 0 Å². The van der Waals surface area contributed by atoms with Gasteiger partial charge in [0.2, 0.25) is 0 Å². The van der Waals surface area contributed by atoms with E-state index in [0.29, 0.717) is 5.17 Å². The maximum Gasteiger partial charge on any atom is 0.304 e. The van der Waals surface area contributed by atoms with Crippen molar-refractivity contribution in [1.29, 1.82) is 0 Å². The van der Waals surface area contributed by atoms with Crippen molar-refractivity contribution < 1.29 is 5.41 Å². The third-order valence-corrected chi connectivity index (χ3v) is 0.658. The molecule has 0 amide bonds. The van der Waals surface area contributed by atoms with E-state index in [0.717, 1.165) is 0 Å². The van der Waals surface area contributed by atoms with Crippen LogP contribution in [-0.2, 0) is 0 Å². The van der Waals surface area contributed by atoms with Gasteiger partial charge in [0.25, 0.3) is 0 Å². The van der Waals surface area contributed by atoms with Crippen LogP contribution in [0.15, 0.2) is 12.0 Å². The molecule has 0 aliphatic heterocycles. The van der Waals surface area contributed by atoms with Crippen molar-refractivity contribution >= 4 is 16.9 Å². The summed E-state index contributed by atoms with van der Waals surface area (Å²) in [5, 5.41) is 6.91. The van der Waals surface area contributed by atoms with Gasteiger partial charge in [-0.15, -0.1) is 0 Å². The third kappa shape index (κ3) is 3.56. The summed E-state index contributed by atoms with van der Waals surface area (Å²) in [6, 6.07) is 0. The SMILES string of the molecule is C=CSC(N)=[NH2+]. The highest BCUT2D eigenvalue weighted by molar-refractivity contribution is 8.15. The molecular weight excluding hydrogens is 96.1 g/mol. The maximum atomic E-state index is 4.99. The summed E-state index contributed by atoms with van der Waals surface area (Å²) < 4.78 is 0. The minimum Gasteiger partial charge on any atom is -0.281 e. The standard InChI is InChI=1S/C3H6N2S/c1-2-6-3(4)5/h2H,1H2,(H3,4,5)/p+1. The van der Waals surface area contributed by atoms with E-state index in [-0.39, 0.29) is 0 Å². The van der Waals surface area contributed by atoms with Crippen LogP contribution in [0.25, 0.3) is 0 Å². The lowest BCUT2D eigenvalue weighted by Crippen LogP contribution is -2.42. The van der Waals surface area contributed by atoms with E-state index in [9.17, 15) is 0 Å². The lowest BCUT2D eigenvalue weighted by Gasteiger charge is -1.73. The van der Waals surface area contributed by atoms with Gasteiger partial charge in [-0.3, -0.25) is 11.1 Å². The first-order chi connectivity index (χ1) is 2.77. The zero-order valence-corrected chi connectivity index (χ0v) is 4.16. The van der Waals surface area contributed by atoms with Crippen LogP contribution >= 0.6 is 11.8 Å². The summed E-state index contributed by atoms with van der Waals surface area (Å²) in [5.41, 5.74) is 4.99. The van der Waals surface area contributed by atoms with Crippen molar-refractivity contribution in [2.45, 2.75) is 0 Å². The van der Waals surface area contributed by atoms with E-state index >= 15 is 0 Å². The van der Waals surface area contributed by atoms with Gasteiger partial charge in [0.1, 0.15) is 0 Å². The molecular formula is C3H7N2S+. The lowest BCUT2D eigenvalue weighted by atomic mass is 11.3. The second-order valence-electron chi connectivity index (χ2n) is 0.687. The van der Waals surface area contributed by atoms with Gasteiger partial charge >= 0.3 is 5.17 Å². The van der Waals surface area contributed by atoms with Crippen LogP contribution in [-0.4, -0.2) is 5.17 Å². The smallest absolute Gasteiger partial charge is 0.281 e. The monoisotopic (exact) mass is 103 g/mol. The molecule has 0 heterocycles. The van der Waals surface area contributed by atoms with E-state index in [1.807, 2.05) is 0 Å². The molecule has 2 nitrogen and oxygen atoms in total. The largest absolute Gasteiger partial charge is 0.304 e. The van der Waals surface area contributed by atoms with Crippen LogP contribution in [0.3, 0.4) is 0 Å². The number of nitrogens with two attached hydrogens (primary N) is 2. The van der Waals surface area contributed by atoms with E-state index in [1.54, 1.807) is 5.41 Å². The predicted molar refractivity (Wildman–Crippen MR) is 28.9 cm³/mol. The minimum atomic E-state index is 0.338. The highest BCUT2D eigenvalue weighted by atomic mass is 32.2. The molecule has 6 heavy (non-hydrogen) atoms. The van der Waals surface area contributed by atoms with Gasteiger partial charge in [0.15, 0.2) is 0 Å². The molecule has 0 aromatic carbocycles. The van der Waals surface area contributed by atoms with E-state index in [1.165, 1.54) is 11.8 Å². The topological polar surface area (TPSA) is 51.6 Å². The van der Waals surface area contributed by atoms with Crippen molar-refractivity contribution in [2.75, 3.05) is 0 Å². The van der Waals surface area contributed by atoms with Gasteiger partial charge in [-0.1, -0.05) is 6.58 Å². The van der Waals surface area contributed by atoms with Gasteiger partial charge in [-0.05, 0) is 17.2 Å². The molecule has 3 heteroatoms. The summed E-state index contributed by atoms with van der Waals surface area (Å²) in [4.78, 5) is 0. The Morgan fingerprint density at radius 2 is 2.50 bits per heavy atom. The Kier molecular flexibility index (Phi) is 2.58. The second kappa shape index (κ2) is 2.78. The Bertz CT molecular complexity index is 69.2. The number of rotatable bonds is 1. The highest BCUT2D eigenvalue weighted by Gasteiger charge is 1.84. The Labute approximate surface area is 40.9 Å². The first kappa shape index (κ1) is 5.56. The van der Waals surface area contributed by atoms with E-state index < -0.39 is 0 Å². The molecule has 34 valence electrons. The van der Waals surface area contributed by atoms with Crippen LogP contribution in [0.4, 0.5) is 0 Å². The van der Waals surface area contributed by atoms with Crippen molar-refractivity contribution in [2.24, 2.45) is 5.73 Å². The Balaban J connectivity index is 3.05. The number of amidine groups is 1. The highest BCUT2D eigenvalue weighted by Crippen LogP contribution is 1.91. The molecule has 0 spiro atoms. The Hall–Kier alpha value is -0.440. The molecule has 4 N–H and O–H groups in total. The summed E-state index contributed by atoms with van der Waals surface area (Å²) >= 11 is 1.22. The molecule has 0 aliphatic rings. The molecule has 0 saturated carbocycles.